The van der Waals surface area contributed by atoms with E-state index in [1.165, 1.54) is 35.1 Å². The second-order valence-electron chi connectivity index (χ2n) is 6.74. The number of nitrogens with zero attached hydrogens (tertiary/aromatic N) is 3. The second-order valence-corrected chi connectivity index (χ2v) is 8.66. The Morgan fingerprint density at radius 2 is 2.14 bits per heavy atom. The van der Waals surface area contributed by atoms with Gasteiger partial charge in [-0.3, -0.25) is 5.32 Å². The van der Waals surface area contributed by atoms with E-state index in [9.17, 15) is 17.6 Å². The minimum atomic E-state index is -3.44. The standard InChI is InChI=1S/C18H21FN6O3S/c19-15-5-2-6-16(14(15)11-20)25-9-7-17(24-25)23-18(26)21-8-10-29(27,28)22-12-13-3-1-4-13/h2,5-7,9,13,22H,1,3-4,8,10,12H2,(H2,21,23,24,26). The fourth-order valence-electron chi connectivity index (χ4n) is 2.81. The molecular weight excluding hydrogens is 399 g/mol. The number of nitrogens with one attached hydrogen (secondary N) is 3. The Kier molecular flexibility index (Phi) is 6.46. The van der Waals surface area contributed by atoms with Crippen molar-refractivity contribution in [3.63, 3.8) is 0 Å². The van der Waals surface area contributed by atoms with Crippen LogP contribution in [0, 0.1) is 23.1 Å². The smallest absolute Gasteiger partial charge is 0.320 e. The zero-order chi connectivity index (χ0) is 20.9. The van der Waals surface area contributed by atoms with Crippen LogP contribution in [0.15, 0.2) is 30.5 Å². The number of hydrogen-bond acceptors (Lipinski definition) is 5. The summed E-state index contributed by atoms with van der Waals surface area (Å²) in [6, 6.07) is 6.79. The fraction of sp³-hybridized carbons (Fsp3) is 0.389. The molecule has 1 heterocycles. The van der Waals surface area contributed by atoms with E-state index in [1.807, 2.05) is 0 Å². The van der Waals surface area contributed by atoms with Gasteiger partial charge in [-0.05, 0) is 30.9 Å². The molecule has 2 aromatic rings. The molecule has 1 aromatic carbocycles. The monoisotopic (exact) mass is 420 g/mol. The SMILES string of the molecule is N#Cc1c(F)cccc1-n1ccc(NC(=O)NCCS(=O)(=O)NCC2CCC2)n1. The van der Waals surface area contributed by atoms with Gasteiger partial charge in [-0.25, -0.2) is 27.0 Å². The molecule has 11 heteroatoms. The predicted molar refractivity (Wildman–Crippen MR) is 104 cm³/mol. The molecule has 0 unspecified atom stereocenters. The Morgan fingerprint density at radius 1 is 1.34 bits per heavy atom. The zero-order valence-corrected chi connectivity index (χ0v) is 16.4. The van der Waals surface area contributed by atoms with Crippen molar-refractivity contribution in [3.05, 3.63) is 41.8 Å². The minimum Gasteiger partial charge on any atom is -0.337 e. The number of halogens is 1. The number of aromatic nitrogens is 2. The molecule has 0 atom stereocenters. The van der Waals surface area contributed by atoms with Gasteiger partial charge in [0.1, 0.15) is 17.4 Å². The highest BCUT2D eigenvalue weighted by atomic mass is 32.2. The van der Waals surface area contributed by atoms with Crippen molar-refractivity contribution in [3.8, 4) is 11.8 Å². The van der Waals surface area contributed by atoms with E-state index in [4.69, 9.17) is 5.26 Å². The lowest BCUT2D eigenvalue weighted by Gasteiger charge is -2.25. The number of urea groups is 1. The molecule has 1 saturated carbocycles. The summed E-state index contributed by atoms with van der Waals surface area (Å²) in [5.41, 5.74) is 0.0794. The Labute approximate surface area is 168 Å². The highest BCUT2D eigenvalue weighted by Gasteiger charge is 2.20. The van der Waals surface area contributed by atoms with Gasteiger partial charge in [0, 0.05) is 25.4 Å². The van der Waals surface area contributed by atoms with Gasteiger partial charge in [0.15, 0.2) is 5.82 Å². The van der Waals surface area contributed by atoms with Crippen LogP contribution in [0.4, 0.5) is 15.0 Å². The summed E-state index contributed by atoms with van der Waals surface area (Å²) < 4.78 is 41.3. The normalized spacial score (nSPS) is 14.1. The van der Waals surface area contributed by atoms with Gasteiger partial charge in [0.05, 0.1) is 11.4 Å². The molecule has 2 amide bonds. The maximum atomic E-state index is 13.7. The lowest BCUT2D eigenvalue weighted by Crippen LogP contribution is -2.38. The van der Waals surface area contributed by atoms with Crippen LogP contribution in [-0.4, -0.2) is 43.1 Å². The number of hydrogen-bond donors (Lipinski definition) is 3. The summed E-state index contributed by atoms with van der Waals surface area (Å²) in [6.07, 6.45) is 4.70. The molecule has 0 radical (unpaired) electrons. The third-order valence-electron chi connectivity index (χ3n) is 4.65. The van der Waals surface area contributed by atoms with Crippen molar-refractivity contribution < 1.29 is 17.6 Å². The number of carbonyl (C=O) groups excluding carboxylic acids is 1. The van der Waals surface area contributed by atoms with E-state index in [0.29, 0.717) is 12.5 Å². The molecular formula is C18H21FN6O3S. The van der Waals surface area contributed by atoms with E-state index in [0.717, 1.165) is 19.3 Å². The Bertz CT molecular complexity index is 1030. The first-order valence-electron chi connectivity index (χ1n) is 9.15. The molecule has 1 aromatic heterocycles. The largest absolute Gasteiger partial charge is 0.337 e. The predicted octanol–water partition coefficient (Wildman–Crippen LogP) is 1.72. The second kappa shape index (κ2) is 9.02. The minimum absolute atomic E-state index is 0.0605. The molecule has 0 bridgehead atoms. The van der Waals surface area contributed by atoms with Gasteiger partial charge >= 0.3 is 6.03 Å². The first kappa shape index (κ1) is 20.8. The highest BCUT2D eigenvalue weighted by Crippen LogP contribution is 2.25. The van der Waals surface area contributed by atoms with Crippen molar-refractivity contribution >= 4 is 21.9 Å². The van der Waals surface area contributed by atoms with Crippen LogP contribution in [0.3, 0.4) is 0 Å². The summed E-state index contributed by atoms with van der Waals surface area (Å²) in [6.45, 7) is 0.381. The van der Waals surface area contributed by atoms with Crippen LogP contribution >= 0.6 is 0 Å². The van der Waals surface area contributed by atoms with Crippen LogP contribution < -0.4 is 15.4 Å². The van der Waals surface area contributed by atoms with Crippen molar-refractivity contribution in [1.29, 1.82) is 5.26 Å². The van der Waals surface area contributed by atoms with Crippen molar-refractivity contribution in [2.24, 2.45) is 5.92 Å². The quantitative estimate of drug-likeness (QED) is 0.599. The van der Waals surface area contributed by atoms with Crippen molar-refractivity contribution in [2.75, 3.05) is 24.2 Å². The van der Waals surface area contributed by atoms with Gasteiger partial charge in [-0.2, -0.15) is 5.26 Å². The van der Waals surface area contributed by atoms with Gasteiger partial charge < -0.3 is 5.32 Å². The number of benzene rings is 1. The van der Waals surface area contributed by atoms with Crippen LogP contribution in [0.5, 0.6) is 0 Å². The molecule has 0 aliphatic heterocycles. The number of rotatable bonds is 8. The van der Waals surface area contributed by atoms with Crippen molar-refractivity contribution in [2.45, 2.75) is 19.3 Å². The van der Waals surface area contributed by atoms with E-state index in [-0.39, 0.29) is 29.4 Å². The maximum Gasteiger partial charge on any atom is 0.320 e. The number of amides is 2. The molecule has 154 valence electrons. The fourth-order valence-corrected chi connectivity index (χ4v) is 3.82. The van der Waals surface area contributed by atoms with Crippen LogP contribution in [0.2, 0.25) is 0 Å². The molecule has 29 heavy (non-hydrogen) atoms. The molecule has 0 saturated heterocycles. The number of anilines is 1. The van der Waals surface area contributed by atoms with Crippen molar-refractivity contribution in [1.82, 2.24) is 19.8 Å². The van der Waals surface area contributed by atoms with E-state index in [1.54, 1.807) is 6.07 Å². The summed E-state index contributed by atoms with van der Waals surface area (Å²) in [5.74, 6) is -0.312. The molecule has 0 spiro atoms. The lowest BCUT2D eigenvalue weighted by molar-refractivity contribution is 0.252. The molecule has 3 rings (SSSR count). The lowest BCUT2D eigenvalue weighted by atomic mass is 9.86. The topological polar surface area (TPSA) is 129 Å². The first-order chi connectivity index (χ1) is 13.9. The third-order valence-corrected chi connectivity index (χ3v) is 6.00. The molecule has 1 aliphatic rings. The molecule has 1 aliphatic carbocycles. The average Bonchev–Trinajstić information content (AvgIpc) is 3.08. The number of carbonyl (C=O) groups is 1. The summed E-state index contributed by atoms with van der Waals surface area (Å²) in [7, 11) is -3.44. The van der Waals surface area contributed by atoms with E-state index in [2.05, 4.69) is 20.5 Å². The van der Waals surface area contributed by atoms with Crippen LogP contribution in [-0.2, 0) is 10.0 Å². The summed E-state index contributed by atoms with van der Waals surface area (Å²) in [4.78, 5) is 11.9. The average molecular weight is 420 g/mol. The van der Waals surface area contributed by atoms with Crippen LogP contribution in [0.25, 0.3) is 5.69 Å². The third kappa shape index (κ3) is 5.52. The van der Waals surface area contributed by atoms with Gasteiger partial charge in [0.2, 0.25) is 10.0 Å². The van der Waals surface area contributed by atoms with Gasteiger partial charge in [0.25, 0.3) is 0 Å². The maximum absolute atomic E-state index is 13.7. The summed E-state index contributed by atoms with van der Waals surface area (Å²) >= 11 is 0. The first-order valence-corrected chi connectivity index (χ1v) is 10.8. The molecule has 3 N–H and O–H groups in total. The Hall–Kier alpha value is -2.97. The highest BCUT2D eigenvalue weighted by molar-refractivity contribution is 7.89. The molecule has 1 fully saturated rings. The Balaban J connectivity index is 1.49. The number of sulfonamides is 1. The molecule has 9 nitrogen and oxygen atoms in total. The number of nitriles is 1. The summed E-state index contributed by atoms with van der Waals surface area (Å²) in [5, 5.41) is 18.1. The Morgan fingerprint density at radius 3 is 2.83 bits per heavy atom. The zero-order valence-electron chi connectivity index (χ0n) is 15.6. The van der Waals surface area contributed by atoms with E-state index >= 15 is 0 Å². The van der Waals surface area contributed by atoms with Gasteiger partial charge in [-0.15, -0.1) is 5.10 Å². The van der Waals surface area contributed by atoms with Crippen LogP contribution in [0.1, 0.15) is 24.8 Å². The van der Waals surface area contributed by atoms with E-state index < -0.39 is 21.9 Å². The van der Waals surface area contributed by atoms with Gasteiger partial charge in [-0.1, -0.05) is 12.5 Å².